The molecule has 1 atom stereocenters. The Kier molecular flexibility index (Phi) is 5.33. The Hall–Kier alpha value is -2.82. The number of hydrogen-bond acceptors (Lipinski definition) is 3. The minimum Gasteiger partial charge on any atom is -0.482 e. The van der Waals surface area contributed by atoms with Gasteiger partial charge in [-0.3, -0.25) is 4.79 Å². The van der Waals surface area contributed by atoms with Crippen LogP contribution < -0.4 is 10.1 Å². The largest absolute Gasteiger partial charge is 0.482 e. The second kappa shape index (κ2) is 7.83. The second-order valence-electron chi connectivity index (χ2n) is 6.25. The monoisotopic (exact) mass is 339 g/mol. The second-order valence-corrected chi connectivity index (χ2v) is 6.25. The highest BCUT2D eigenvalue weighted by Gasteiger charge is 2.22. The fourth-order valence-electron chi connectivity index (χ4n) is 3.31. The van der Waals surface area contributed by atoms with Crippen molar-refractivity contribution < 1.29 is 19.4 Å². The maximum absolute atomic E-state index is 12.4. The maximum atomic E-state index is 12.4. The number of hydrogen-bond donors (Lipinski definition) is 2. The van der Waals surface area contributed by atoms with Crippen molar-refractivity contribution in [2.45, 2.75) is 31.6 Å². The zero-order valence-electron chi connectivity index (χ0n) is 13.9. The third-order valence-corrected chi connectivity index (χ3v) is 4.41. The highest BCUT2D eigenvalue weighted by Crippen LogP contribution is 2.34. The molecule has 0 aromatic heterocycles. The van der Waals surface area contributed by atoms with E-state index in [-0.39, 0.29) is 11.8 Å². The van der Waals surface area contributed by atoms with Crippen molar-refractivity contribution in [3.63, 3.8) is 0 Å². The number of rotatable bonds is 6. The van der Waals surface area contributed by atoms with E-state index in [1.165, 1.54) is 11.1 Å². The van der Waals surface area contributed by atoms with E-state index in [1.807, 2.05) is 12.1 Å². The Balaban J connectivity index is 1.62. The molecule has 0 bridgehead atoms. The molecule has 3 rings (SSSR count). The van der Waals surface area contributed by atoms with Crippen molar-refractivity contribution in [1.29, 1.82) is 0 Å². The van der Waals surface area contributed by atoms with Gasteiger partial charge in [0.1, 0.15) is 5.75 Å². The number of aliphatic carboxylic acids is 1. The van der Waals surface area contributed by atoms with Gasteiger partial charge >= 0.3 is 5.97 Å². The van der Waals surface area contributed by atoms with Crippen LogP contribution in [0.4, 0.5) is 5.69 Å². The standard InChI is InChI=1S/C20H21NO4/c22-19(11-15-7-3-6-14-5-1-2-10-18(14)15)21-16-8-4-9-17(12-16)25-13-20(23)24/h1-2,4-5,8-10,12,15H,3,6-7,11,13H2,(H,21,22)(H,23,24). The highest BCUT2D eigenvalue weighted by atomic mass is 16.5. The molecule has 2 aromatic rings. The van der Waals surface area contributed by atoms with Crippen molar-refractivity contribution in [2.24, 2.45) is 0 Å². The molecule has 5 heteroatoms. The van der Waals surface area contributed by atoms with Crippen LogP contribution in [-0.2, 0) is 16.0 Å². The summed E-state index contributed by atoms with van der Waals surface area (Å²) in [5, 5.41) is 11.5. The summed E-state index contributed by atoms with van der Waals surface area (Å²) >= 11 is 0. The fourth-order valence-corrected chi connectivity index (χ4v) is 3.31. The third-order valence-electron chi connectivity index (χ3n) is 4.41. The molecule has 1 aliphatic carbocycles. The van der Waals surface area contributed by atoms with Crippen LogP contribution in [0.25, 0.3) is 0 Å². The summed E-state index contributed by atoms with van der Waals surface area (Å²) in [6.07, 6.45) is 3.65. The van der Waals surface area contributed by atoms with Crippen molar-refractivity contribution in [3.05, 3.63) is 59.7 Å². The van der Waals surface area contributed by atoms with Crippen LogP contribution >= 0.6 is 0 Å². The first kappa shape index (κ1) is 17.0. The van der Waals surface area contributed by atoms with Gasteiger partial charge in [0.25, 0.3) is 0 Å². The molecule has 2 aromatic carbocycles. The number of carbonyl (C=O) groups excluding carboxylic acids is 1. The van der Waals surface area contributed by atoms with Gasteiger partial charge in [-0.2, -0.15) is 0 Å². The molecule has 0 fully saturated rings. The number of ether oxygens (including phenoxy) is 1. The molecule has 0 aliphatic heterocycles. The lowest BCUT2D eigenvalue weighted by molar-refractivity contribution is -0.139. The highest BCUT2D eigenvalue weighted by molar-refractivity contribution is 5.91. The van der Waals surface area contributed by atoms with Gasteiger partial charge in [0, 0.05) is 18.2 Å². The average molecular weight is 339 g/mol. The number of carboxylic acid groups (broad SMARTS) is 1. The van der Waals surface area contributed by atoms with E-state index in [0.717, 1.165) is 19.3 Å². The SMILES string of the molecule is O=C(O)COc1cccc(NC(=O)CC2CCCc3ccccc32)c1. The Morgan fingerprint density at radius 1 is 1.16 bits per heavy atom. The Morgan fingerprint density at radius 2 is 2.00 bits per heavy atom. The summed E-state index contributed by atoms with van der Waals surface area (Å²) < 4.78 is 5.14. The van der Waals surface area contributed by atoms with Crippen LogP contribution in [0.5, 0.6) is 5.75 Å². The maximum Gasteiger partial charge on any atom is 0.341 e. The number of carboxylic acids is 1. The van der Waals surface area contributed by atoms with Crippen LogP contribution in [0, 0.1) is 0 Å². The smallest absolute Gasteiger partial charge is 0.341 e. The van der Waals surface area contributed by atoms with Gasteiger partial charge in [-0.05, 0) is 48.4 Å². The molecule has 25 heavy (non-hydrogen) atoms. The van der Waals surface area contributed by atoms with E-state index in [4.69, 9.17) is 9.84 Å². The lowest BCUT2D eigenvalue weighted by Crippen LogP contribution is -2.19. The minimum absolute atomic E-state index is 0.0444. The van der Waals surface area contributed by atoms with E-state index in [1.54, 1.807) is 24.3 Å². The van der Waals surface area contributed by atoms with Crippen LogP contribution in [-0.4, -0.2) is 23.6 Å². The summed E-state index contributed by atoms with van der Waals surface area (Å²) in [6, 6.07) is 15.1. The van der Waals surface area contributed by atoms with Crippen molar-refractivity contribution in [3.8, 4) is 5.75 Å². The number of fused-ring (bicyclic) bond motifs is 1. The molecular weight excluding hydrogens is 318 g/mol. The van der Waals surface area contributed by atoms with Gasteiger partial charge in [-0.25, -0.2) is 4.79 Å². The molecule has 0 saturated heterocycles. The molecule has 1 aliphatic rings. The number of benzene rings is 2. The number of nitrogens with one attached hydrogen (secondary N) is 1. The van der Waals surface area contributed by atoms with Gasteiger partial charge < -0.3 is 15.2 Å². The molecule has 0 saturated carbocycles. The summed E-state index contributed by atoms with van der Waals surface area (Å²) in [4.78, 5) is 23.0. The zero-order chi connectivity index (χ0) is 17.6. The Labute approximate surface area is 146 Å². The van der Waals surface area contributed by atoms with Gasteiger partial charge in [-0.15, -0.1) is 0 Å². The lowest BCUT2D eigenvalue weighted by Gasteiger charge is -2.25. The first-order chi connectivity index (χ1) is 12.1. The summed E-state index contributed by atoms with van der Waals surface area (Å²) in [7, 11) is 0. The van der Waals surface area contributed by atoms with Gasteiger partial charge in [0.2, 0.25) is 5.91 Å². The van der Waals surface area contributed by atoms with Gasteiger partial charge in [-0.1, -0.05) is 30.3 Å². The van der Waals surface area contributed by atoms with Gasteiger partial charge in [0.05, 0.1) is 0 Å². The number of aryl methyl sites for hydroxylation is 1. The van der Waals surface area contributed by atoms with E-state index in [0.29, 0.717) is 17.9 Å². The Bertz CT molecular complexity index is 772. The van der Waals surface area contributed by atoms with E-state index < -0.39 is 12.6 Å². The quantitative estimate of drug-likeness (QED) is 0.843. The van der Waals surface area contributed by atoms with Crippen LogP contribution in [0.3, 0.4) is 0 Å². The first-order valence-electron chi connectivity index (χ1n) is 8.44. The van der Waals surface area contributed by atoms with Crippen molar-refractivity contribution >= 4 is 17.6 Å². The summed E-state index contributed by atoms with van der Waals surface area (Å²) in [5.41, 5.74) is 3.23. The minimum atomic E-state index is -1.04. The summed E-state index contributed by atoms with van der Waals surface area (Å²) in [5.74, 6) is -0.415. The summed E-state index contributed by atoms with van der Waals surface area (Å²) in [6.45, 7) is -0.406. The number of amides is 1. The van der Waals surface area contributed by atoms with Crippen molar-refractivity contribution in [2.75, 3.05) is 11.9 Å². The molecule has 0 heterocycles. The molecule has 1 amide bonds. The lowest BCUT2D eigenvalue weighted by atomic mass is 9.81. The molecule has 1 unspecified atom stereocenters. The van der Waals surface area contributed by atoms with Gasteiger partial charge in [0.15, 0.2) is 6.61 Å². The van der Waals surface area contributed by atoms with Crippen LogP contribution in [0.2, 0.25) is 0 Å². The zero-order valence-corrected chi connectivity index (χ0v) is 13.9. The normalized spacial score (nSPS) is 15.9. The predicted molar refractivity (Wildman–Crippen MR) is 94.9 cm³/mol. The fraction of sp³-hybridized carbons (Fsp3) is 0.300. The van der Waals surface area contributed by atoms with E-state index in [9.17, 15) is 9.59 Å². The topological polar surface area (TPSA) is 75.6 Å². The van der Waals surface area contributed by atoms with E-state index in [2.05, 4.69) is 17.4 Å². The van der Waals surface area contributed by atoms with Crippen LogP contribution in [0.15, 0.2) is 48.5 Å². The molecule has 130 valence electrons. The molecule has 2 N–H and O–H groups in total. The average Bonchev–Trinajstić information content (AvgIpc) is 2.60. The first-order valence-corrected chi connectivity index (χ1v) is 8.44. The predicted octanol–water partition coefficient (Wildman–Crippen LogP) is 3.60. The van der Waals surface area contributed by atoms with Crippen molar-refractivity contribution in [1.82, 2.24) is 0 Å². The van der Waals surface area contributed by atoms with E-state index >= 15 is 0 Å². The molecular formula is C20H21NO4. The Morgan fingerprint density at radius 3 is 2.84 bits per heavy atom. The number of anilines is 1. The number of carbonyl (C=O) groups is 2. The molecule has 0 radical (unpaired) electrons. The molecule has 0 spiro atoms. The third kappa shape index (κ3) is 4.59. The molecule has 5 nitrogen and oxygen atoms in total. The van der Waals surface area contributed by atoms with Crippen LogP contribution in [0.1, 0.15) is 36.3 Å².